The third-order valence-corrected chi connectivity index (χ3v) is 7.55. The second kappa shape index (κ2) is 12.1. The van der Waals surface area contributed by atoms with Crippen molar-refractivity contribution in [2.75, 3.05) is 24.4 Å². The van der Waals surface area contributed by atoms with E-state index in [1.54, 1.807) is 56.3 Å². The number of nitrogens with one attached hydrogen (secondary N) is 2. The van der Waals surface area contributed by atoms with E-state index in [-0.39, 0.29) is 18.4 Å². The van der Waals surface area contributed by atoms with Crippen LogP contribution < -0.4 is 20.1 Å². The molecular formula is C29H32N2O6S. The van der Waals surface area contributed by atoms with E-state index in [4.69, 9.17) is 14.2 Å². The van der Waals surface area contributed by atoms with Crippen molar-refractivity contribution in [3.63, 3.8) is 0 Å². The highest BCUT2D eigenvalue weighted by molar-refractivity contribution is 7.17. The zero-order valence-corrected chi connectivity index (χ0v) is 22.8. The lowest BCUT2D eigenvalue weighted by Crippen LogP contribution is -2.30. The summed E-state index contributed by atoms with van der Waals surface area (Å²) >= 11 is 1.45. The highest BCUT2D eigenvalue weighted by Crippen LogP contribution is 2.40. The Bertz CT molecular complexity index is 1320. The molecule has 4 rings (SSSR count). The van der Waals surface area contributed by atoms with Crippen LogP contribution in [0.15, 0.2) is 48.5 Å². The minimum absolute atomic E-state index is 0.268. The van der Waals surface area contributed by atoms with Gasteiger partial charge in [0.1, 0.15) is 16.5 Å². The SMILES string of the molecule is CCOC(=O)c1c(NC(=O)c2ccc(OC(C)C(=O)Nc3ccccc3OC)cc2)sc2c1CCC(C)C2. The number of carbonyl (C=O) groups excluding carboxylic acids is 3. The summed E-state index contributed by atoms with van der Waals surface area (Å²) in [4.78, 5) is 39.5. The topological polar surface area (TPSA) is 103 Å². The van der Waals surface area contributed by atoms with E-state index in [0.29, 0.717) is 39.2 Å². The van der Waals surface area contributed by atoms with Crippen LogP contribution >= 0.6 is 11.3 Å². The van der Waals surface area contributed by atoms with Gasteiger partial charge >= 0.3 is 5.97 Å². The van der Waals surface area contributed by atoms with E-state index in [9.17, 15) is 14.4 Å². The number of amides is 2. The van der Waals surface area contributed by atoms with Crippen LogP contribution in [0.3, 0.4) is 0 Å². The van der Waals surface area contributed by atoms with Crippen LogP contribution in [0.5, 0.6) is 11.5 Å². The molecule has 1 aliphatic rings. The first-order chi connectivity index (χ1) is 18.3. The summed E-state index contributed by atoms with van der Waals surface area (Å²) in [5, 5.41) is 6.23. The monoisotopic (exact) mass is 536 g/mol. The van der Waals surface area contributed by atoms with Crippen LogP contribution in [0.4, 0.5) is 10.7 Å². The van der Waals surface area contributed by atoms with Crippen molar-refractivity contribution in [1.82, 2.24) is 0 Å². The molecule has 8 nitrogen and oxygen atoms in total. The van der Waals surface area contributed by atoms with Crippen molar-refractivity contribution in [1.29, 1.82) is 0 Å². The first-order valence-electron chi connectivity index (χ1n) is 12.6. The molecule has 1 aliphatic carbocycles. The Kier molecular flexibility index (Phi) is 8.68. The van der Waals surface area contributed by atoms with Crippen molar-refractivity contribution < 1.29 is 28.6 Å². The second-order valence-corrected chi connectivity index (χ2v) is 10.3. The highest BCUT2D eigenvalue weighted by atomic mass is 32.1. The first-order valence-corrected chi connectivity index (χ1v) is 13.5. The summed E-state index contributed by atoms with van der Waals surface area (Å²) in [6.45, 7) is 5.87. The molecule has 1 aromatic heterocycles. The number of thiophene rings is 1. The summed E-state index contributed by atoms with van der Waals surface area (Å²) in [5.74, 6) is 0.452. The van der Waals surface area contributed by atoms with Crippen LogP contribution in [-0.4, -0.2) is 37.6 Å². The Morgan fingerprint density at radius 2 is 1.82 bits per heavy atom. The van der Waals surface area contributed by atoms with Crippen molar-refractivity contribution in [3.05, 3.63) is 70.1 Å². The van der Waals surface area contributed by atoms with Gasteiger partial charge in [-0.3, -0.25) is 9.59 Å². The fourth-order valence-electron chi connectivity index (χ4n) is 4.36. The molecule has 0 saturated heterocycles. The number of para-hydroxylation sites is 2. The maximum atomic E-state index is 13.1. The molecule has 38 heavy (non-hydrogen) atoms. The summed E-state index contributed by atoms with van der Waals surface area (Å²) in [6.07, 6.45) is 1.90. The molecule has 0 radical (unpaired) electrons. The molecule has 2 N–H and O–H groups in total. The molecule has 0 aliphatic heterocycles. The van der Waals surface area contributed by atoms with Gasteiger partial charge in [-0.2, -0.15) is 0 Å². The number of hydrogen-bond donors (Lipinski definition) is 2. The molecule has 200 valence electrons. The van der Waals surface area contributed by atoms with Gasteiger partial charge in [0.2, 0.25) is 0 Å². The van der Waals surface area contributed by atoms with E-state index in [0.717, 1.165) is 29.7 Å². The van der Waals surface area contributed by atoms with Crippen molar-refractivity contribution in [3.8, 4) is 11.5 Å². The van der Waals surface area contributed by atoms with Crippen LogP contribution in [0.25, 0.3) is 0 Å². The predicted molar refractivity (Wildman–Crippen MR) is 148 cm³/mol. The van der Waals surface area contributed by atoms with Gasteiger partial charge in [-0.15, -0.1) is 11.3 Å². The van der Waals surface area contributed by atoms with Crippen molar-refractivity contribution in [2.24, 2.45) is 5.92 Å². The molecule has 1 heterocycles. The molecule has 0 spiro atoms. The predicted octanol–water partition coefficient (Wildman–Crippen LogP) is 5.72. The summed E-state index contributed by atoms with van der Waals surface area (Å²) < 4.78 is 16.3. The Morgan fingerprint density at radius 3 is 2.53 bits per heavy atom. The van der Waals surface area contributed by atoms with Gasteiger partial charge in [0, 0.05) is 10.4 Å². The Hall–Kier alpha value is -3.85. The average molecular weight is 537 g/mol. The zero-order valence-electron chi connectivity index (χ0n) is 22.0. The first kappa shape index (κ1) is 27.2. The lowest BCUT2D eigenvalue weighted by Gasteiger charge is -2.18. The van der Waals surface area contributed by atoms with Gasteiger partial charge in [-0.1, -0.05) is 19.1 Å². The van der Waals surface area contributed by atoms with Crippen LogP contribution in [0.2, 0.25) is 0 Å². The third-order valence-electron chi connectivity index (χ3n) is 6.38. The smallest absolute Gasteiger partial charge is 0.341 e. The summed E-state index contributed by atoms with van der Waals surface area (Å²) in [5.41, 5.74) is 2.42. The van der Waals surface area contributed by atoms with E-state index in [1.165, 1.54) is 18.4 Å². The zero-order chi connectivity index (χ0) is 27.2. The summed E-state index contributed by atoms with van der Waals surface area (Å²) in [6, 6.07) is 13.6. The minimum Gasteiger partial charge on any atom is -0.495 e. The molecule has 0 fully saturated rings. The average Bonchev–Trinajstić information content (AvgIpc) is 3.26. The number of methoxy groups -OCH3 is 1. The Morgan fingerprint density at radius 1 is 1.08 bits per heavy atom. The van der Waals surface area contributed by atoms with Crippen LogP contribution in [0.1, 0.15) is 58.3 Å². The quantitative estimate of drug-likeness (QED) is 0.339. The van der Waals surface area contributed by atoms with Gasteiger partial charge in [-0.25, -0.2) is 4.79 Å². The lowest BCUT2D eigenvalue weighted by atomic mass is 9.88. The van der Waals surface area contributed by atoms with Gasteiger partial charge < -0.3 is 24.8 Å². The van der Waals surface area contributed by atoms with Crippen LogP contribution in [-0.2, 0) is 22.4 Å². The number of anilines is 2. The van der Waals surface area contributed by atoms with Crippen molar-refractivity contribution in [2.45, 2.75) is 46.1 Å². The molecule has 0 bridgehead atoms. The van der Waals surface area contributed by atoms with Crippen LogP contribution in [0, 0.1) is 5.92 Å². The number of rotatable bonds is 9. The maximum absolute atomic E-state index is 13.1. The molecule has 2 atom stereocenters. The number of fused-ring (bicyclic) bond motifs is 1. The number of esters is 1. The van der Waals surface area contributed by atoms with Gasteiger partial charge in [0.25, 0.3) is 11.8 Å². The number of benzene rings is 2. The fourth-order valence-corrected chi connectivity index (χ4v) is 5.75. The molecule has 9 heteroatoms. The molecule has 0 saturated carbocycles. The Labute approximate surface area is 226 Å². The van der Waals surface area contributed by atoms with Gasteiger partial charge in [0.15, 0.2) is 6.10 Å². The number of carbonyl (C=O) groups is 3. The molecule has 2 aromatic carbocycles. The third kappa shape index (κ3) is 6.16. The van der Waals surface area contributed by atoms with Gasteiger partial charge in [-0.05, 0) is 81.0 Å². The number of hydrogen-bond acceptors (Lipinski definition) is 7. The normalized spacial score (nSPS) is 15.1. The maximum Gasteiger partial charge on any atom is 0.341 e. The highest BCUT2D eigenvalue weighted by Gasteiger charge is 2.29. The van der Waals surface area contributed by atoms with Crippen molar-refractivity contribution >= 4 is 39.8 Å². The van der Waals surface area contributed by atoms with E-state index >= 15 is 0 Å². The molecular weight excluding hydrogens is 504 g/mol. The largest absolute Gasteiger partial charge is 0.495 e. The molecule has 2 amide bonds. The van der Waals surface area contributed by atoms with E-state index in [2.05, 4.69) is 17.6 Å². The molecule has 2 unspecified atom stereocenters. The van der Waals surface area contributed by atoms with E-state index in [1.807, 2.05) is 6.07 Å². The number of ether oxygens (including phenoxy) is 3. The standard InChI is InChI=1S/C29H32N2O6S/c1-5-36-29(34)25-21-15-10-17(2)16-24(21)38-28(25)31-27(33)19-11-13-20(14-12-19)37-18(3)26(32)30-22-8-6-7-9-23(22)35-4/h6-9,11-14,17-18H,5,10,15-16H2,1-4H3,(H,30,32)(H,31,33). The van der Waals surface area contributed by atoms with E-state index < -0.39 is 12.1 Å². The Balaban J connectivity index is 1.42. The van der Waals surface area contributed by atoms with Gasteiger partial charge in [0.05, 0.1) is 25.0 Å². The minimum atomic E-state index is -0.786. The second-order valence-electron chi connectivity index (χ2n) is 9.20. The fraction of sp³-hybridized carbons (Fsp3) is 0.345. The summed E-state index contributed by atoms with van der Waals surface area (Å²) in [7, 11) is 1.54. The lowest BCUT2D eigenvalue weighted by molar-refractivity contribution is -0.122. The molecule has 3 aromatic rings.